The van der Waals surface area contributed by atoms with E-state index in [1.165, 1.54) is 0 Å². The van der Waals surface area contributed by atoms with Crippen LogP contribution in [0.15, 0.2) is 30.3 Å². The Labute approximate surface area is 209 Å². The van der Waals surface area contributed by atoms with Crippen LogP contribution in [0, 0.1) is 5.92 Å². The molecule has 0 radical (unpaired) electrons. The first-order valence-corrected chi connectivity index (χ1v) is 11.9. The van der Waals surface area contributed by atoms with Gasteiger partial charge < -0.3 is 31.9 Å². The second-order valence-corrected chi connectivity index (χ2v) is 8.61. The Morgan fingerprint density at radius 2 is 1.51 bits per heavy atom. The van der Waals surface area contributed by atoms with Gasteiger partial charge in [-0.05, 0) is 17.9 Å². The minimum Gasteiger partial charge on any atom is -0.481 e. The minimum absolute atomic E-state index is 0.0800. The number of nitrogens with two attached hydrogens (primary N) is 1. The van der Waals surface area contributed by atoms with E-state index >= 15 is 0 Å². The molecule has 0 aliphatic heterocycles. The molecule has 1 aromatic carbocycles. The summed E-state index contributed by atoms with van der Waals surface area (Å²) in [6.07, 6.45) is 0.166. The Morgan fingerprint density at radius 3 is 2.03 bits per heavy atom. The number of amides is 3. The fraction of sp³-hybridized carbons (Fsp3) is 0.522. The van der Waals surface area contributed by atoms with Crippen molar-refractivity contribution in [2.45, 2.75) is 63.7 Å². The Hall–Kier alpha value is -3.12. The lowest BCUT2D eigenvalue weighted by molar-refractivity contribution is -0.144. The highest BCUT2D eigenvalue weighted by Crippen LogP contribution is 2.10. The number of thiol groups is 1. The zero-order valence-corrected chi connectivity index (χ0v) is 20.7. The number of carbonyl (C=O) groups is 5. The summed E-state index contributed by atoms with van der Waals surface area (Å²) >= 11 is 4.09. The van der Waals surface area contributed by atoms with Gasteiger partial charge in [-0.15, -0.1) is 0 Å². The average Bonchev–Trinajstić information content (AvgIpc) is 2.83. The van der Waals surface area contributed by atoms with Gasteiger partial charge >= 0.3 is 11.9 Å². The van der Waals surface area contributed by atoms with Gasteiger partial charge in [-0.2, -0.15) is 12.6 Å². The lowest BCUT2D eigenvalue weighted by Crippen LogP contribution is -2.58. The molecule has 0 spiro atoms. The van der Waals surface area contributed by atoms with Gasteiger partial charge in [-0.25, -0.2) is 4.79 Å². The smallest absolute Gasteiger partial charge is 0.326 e. The van der Waals surface area contributed by atoms with Gasteiger partial charge in [0.15, 0.2) is 0 Å². The van der Waals surface area contributed by atoms with Crippen molar-refractivity contribution in [2.75, 3.05) is 5.75 Å². The zero-order valence-electron chi connectivity index (χ0n) is 19.8. The van der Waals surface area contributed by atoms with E-state index in [0.29, 0.717) is 6.42 Å². The molecule has 12 heteroatoms. The van der Waals surface area contributed by atoms with E-state index in [0.717, 1.165) is 5.56 Å². The number of aliphatic carboxylic acids is 2. The van der Waals surface area contributed by atoms with Gasteiger partial charge in [-0.1, -0.05) is 50.6 Å². The Morgan fingerprint density at radius 1 is 0.943 bits per heavy atom. The molecule has 0 heterocycles. The highest BCUT2D eigenvalue weighted by atomic mass is 32.1. The summed E-state index contributed by atoms with van der Waals surface area (Å²) < 4.78 is 0. The predicted molar refractivity (Wildman–Crippen MR) is 132 cm³/mol. The van der Waals surface area contributed by atoms with Gasteiger partial charge in [0.25, 0.3) is 0 Å². The Bertz CT molecular complexity index is 884. The molecule has 0 aliphatic carbocycles. The van der Waals surface area contributed by atoms with Crippen molar-refractivity contribution in [1.29, 1.82) is 0 Å². The number of nitrogens with one attached hydrogen (secondary N) is 3. The van der Waals surface area contributed by atoms with Gasteiger partial charge in [-0.3, -0.25) is 19.2 Å². The normalized spacial score (nSPS) is 15.1. The molecule has 0 saturated carbocycles. The van der Waals surface area contributed by atoms with Crippen molar-refractivity contribution < 1.29 is 34.2 Å². The highest BCUT2D eigenvalue weighted by Gasteiger charge is 2.31. The van der Waals surface area contributed by atoms with Crippen molar-refractivity contribution >= 4 is 42.3 Å². The molecule has 1 aromatic rings. The maximum Gasteiger partial charge on any atom is 0.326 e. The van der Waals surface area contributed by atoms with Crippen LogP contribution in [-0.4, -0.2) is 69.8 Å². The summed E-state index contributed by atoms with van der Waals surface area (Å²) in [5, 5.41) is 25.7. The molecular formula is C23H34N4O7S. The van der Waals surface area contributed by atoms with E-state index < -0.39 is 53.8 Å². The van der Waals surface area contributed by atoms with Crippen LogP contribution < -0.4 is 21.7 Å². The minimum atomic E-state index is -1.19. The number of rotatable bonds is 15. The molecule has 0 aliphatic rings. The van der Waals surface area contributed by atoms with Crippen LogP contribution in [0.25, 0.3) is 0 Å². The van der Waals surface area contributed by atoms with Crippen LogP contribution in [0.4, 0.5) is 0 Å². The molecule has 35 heavy (non-hydrogen) atoms. The van der Waals surface area contributed by atoms with E-state index in [-0.39, 0.29) is 30.9 Å². The molecule has 3 amide bonds. The van der Waals surface area contributed by atoms with Crippen molar-refractivity contribution in [3.63, 3.8) is 0 Å². The number of carboxylic acid groups (broad SMARTS) is 2. The molecule has 0 saturated heterocycles. The van der Waals surface area contributed by atoms with Crippen molar-refractivity contribution in [3.8, 4) is 0 Å². The van der Waals surface area contributed by atoms with E-state index in [4.69, 9.17) is 10.8 Å². The fourth-order valence-corrected chi connectivity index (χ4v) is 3.41. The summed E-state index contributed by atoms with van der Waals surface area (Å²) in [7, 11) is 0. The summed E-state index contributed by atoms with van der Waals surface area (Å²) in [4.78, 5) is 60.6. The second kappa shape index (κ2) is 15.0. The first kappa shape index (κ1) is 29.9. The lowest BCUT2D eigenvalue weighted by Gasteiger charge is -2.26. The maximum absolute atomic E-state index is 13.0. The number of hydrogen-bond donors (Lipinski definition) is 7. The number of carboxylic acids is 2. The fourth-order valence-electron chi connectivity index (χ4n) is 3.15. The van der Waals surface area contributed by atoms with E-state index in [2.05, 4.69) is 28.6 Å². The van der Waals surface area contributed by atoms with Crippen LogP contribution in [0.2, 0.25) is 0 Å². The monoisotopic (exact) mass is 510 g/mol. The predicted octanol–water partition coefficient (Wildman–Crippen LogP) is -0.0639. The van der Waals surface area contributed by atoms with Crippen molar-refractivity contribution in [3.05, 3.63) is 35.9 Å². The van der Waals surface area contributed by atoms with Crippen LogP contribution >= 0.6 is 12.6 Å². The number of benzene rings is 1. The topological polar surface area (TPSA) is 188 Å². The van der Waals surface area contributed by atoms with Crippen molar-refractivity contribution in [1.82, 2.24) is 16.0 Å². The molecule has 11 nitrogen and oxygen atoms in total. The zero-order chi connectivity index (χ0) is 26.5. The van der Waals surface area contributed by atoms with Gasteiger partial charge in [0.2, 0.25) is 17.7 Å². The summed E-state index contributed by atoms with van der Waals surface area (Å²) in [5.74, 6) is -4.89. The van der Waals surface area contributed by atoms with Gasteiger partial charge in [0.05, 0.1) is 6.04 Å². The molecule has 194 valence electrons. The molecule has 5 atom stereocenters. The molecule has 5 unspecified atom stereocenters. The van der Waals surface area contributed by atoms with Crippen LogP contribution in [0.3, 0.4) is 0 Å². The highest BCUT2D eigenvalue weighted by molar-refractivity contribution is 7.80. The van der Waals surface area contributed by atoms with E-state index in [1.807, 2.05) is 0 Å². The summed E-state index contributed by atoms with van der Waals surface area (Å²) in [5.41, 5.74) is 6.42. The third-order valence-corrected chi connectivity index (χ3v) is 5.88. The molecule has 0 fully saturated rings. The Kier molecular flexibility index (Phi) is 12.8. The van der Waals surface area contributed by atoms with Gasteiger partial charge in [0, 0.05) is 18.6 Å². The molecular weight excluding hydrogens is 476 g/mol. The first-order chi connectivity index (χ1) is 16.5. The van der Waals surface area contributed by atoms with Crippen LogP contribution in [0.1, 0.15) is 38.7 Å². The van der Waals surface area contributed by atoms with Crippen LogP contribution in [-0.2, 0) is 30.4 Å². The maximum atomic E-state index is 13.0. The standard InChI is InChI=1S/C23H34N4O7S/c1-3-13(2)19(23(33)34)27-21(31)16(11-14-7-5-4-6-8-14)25-22(32)17(12-35)26-20(30)15(24)9-10-18(28)29/h4-8,13,15-17,19,35H,3,9-12,24H2,1-2H3,(H,25,32)(H,26,30)(H,27,31)(H,28,29)(H,33,34). The van der Waals surface area contributed by atoms with Crippen molar-refractivity contribution in [2.24, 2.45) is 11.7 Å². The summed E-state index contributed by atoms with van der Waals surface area (Å²) in [6.45, 7) is 3.50. The van der Waals surface area contributed by atoms with E-state index in [1.54, 1.807) is 44.2 Å². The quantitative estimate of drug-likeness (QED) is 0.160. The molecule has 7 N–H and O–H groups in total. The number of carbonyl (C=O) groups excluding carboxylic acids is 3. The summed E-state index contributed by atoms with van der Waals surface area (Å²) in [6, 6.07) is 4.27. The van der Waals surface area contributed by atoms with Crippen LogP contribution in [0.5, 0.6) is 0 Å². The molecule has 0 aromatic heterocycles. The Balaban J connectivity index is 3.00. The third kappa shape index (κ3) is 10.4. The SMILES string of the molecule is CCC(C)C(NC(=O)C(Cc1ccccc1)NC(=O)C(CS)NC(=O)C(N)CCC(=O)O)C(=O)O. The molecule has 0 bridgehead atoms. The first-order valence-electron chi connectivity index (χ1n) is 11.3. The average molecular weight is 511 g/mol. The largest absolute Gasteiger partial charge is 0.481 e. The lowest BCUT2D eigenvalue weighted by atomic mass is 9.98. The van der Waals surface area contributed by atoms with Gasteiger partial charge in [0.1, 0.15) is 18.1 Å². The second-order valence-electron chi connectivity index (χ2n) is 8.24. The van der Waals surface area contributed by atoms with E-state index in [9.17, 15) is 29.1 Å². The molecule has 1 rings (SSSR count). The third-order valence-electron chi connectivity index (χ3n) is 5.51. The number of hydrogen-bond acceptors (Lipinski definition) is 7.